The number of benzene rings is 1. The first-order chi connectivity index (χ1) is 7.54. The summed E-state index contributed by atoms with van der Waals surface area (Å²) in [5.74, 6) is 0.730. The Bertz CT molecular complexity index is 616. The molecule has 2 rings (SSSR count). The first-order valence-electron chi connectivity index (χ1n) is 4.88. The van der Waals surface area contributed by atoms with Crippen LogP contribution in [0.3, 0.4) is 0 Å². The number of ether oxygens (including phenoxy) is 1. The van der Waals surface area contributed by atoms with E-state index < -0.39 is 0 Å². The largest absolute Gasteiger partial charge is 0.495 e. The Morgan fingerprint density at radius 1 is 1.31 bits per heavy atom. The van der Waals surface area contributed by atoms with Crippen LogP contribution in [0.5, 0.6) is 5.75 Å². The van der Waals surface area contributed by atoms with Gasteiger partial charge in [0.05, 0.1) is 17.1 Å². The number of aromatic nitrogens is 1. The van der Waals surface area contributed by atoms with Gasteiger partial charge in [-0.3, -0.25) is 4.79 Å². The van der Waals surface area contributed by atoms with Crippen molar-refractivity contribution in [3.8, 4) is 5.75 Å². The maximum absolute atomic E-state index is 11.6. The van der Waals surface area contributed by atoms with E-state index in [2.05, 4.69) is 15.9 Å². The Morgan fingerprint density at radius 3 is 2.62 bits per heavy atom. The highest BCUT2D eigenvalue weighted by Gasteiger charge is 2.08. The second-order valence-electron chi connectivity index (χ2n) is 3.73. The number of hydrogen-bond acceptors (Lipinski definition) is 2. The molecule has 1 aromatic heterocycles. The highest BCUT2D eigenvalue weighted by atomic mass is 79.9. The monoisotopic (exact) mass is 281 g/mol. The van der Waals surface area contributed by atoms with Gasteiger partial charge in [-0.05, 0) is 34.5 Å². The fourth-order valence-corrected chi connectivity index (χ4v) is 2.28. The number of aryl methyl sites for hydroxylation is 2. The van der Waals surface area contributed by atoms with Crippen molar-refractivity contribution in [1.29, 1.82) is 0 Å². The van der Waals surface area contributed by atoms with Crippen LogP contribution in [0.15, 0.2) is 27.5 Å². The van der Waals surface area contributed by atoms with Gasteiger partial charge in [0.2, 0.25) is 0 Å². The van der Waals surface area contributed by atoms with Gasteiger partial charge in [0, 0.05) is 24.6 Å². The lowest BCUT2D eigenvalue weighted by atomic mass is 10.1. The lowest BCUT2D eigenvalue weighted by Gasteiger charge is -2.10. The van der Waals surface area contributed by atoms with Crippen LogP contribution in [-0.2, 0) is 7.05 Å². The molecule has 4 heteroatoms. The van der Waals surface area contributed by atoms with E-state index in [0.29, 0.717) is 0 Å². The molecule has 0 saturated carbocycles. The highest BCUT2D eigenvalue weighted by Crippen LogP contribution is 2.30. The molecule has 0 radical (unpaired) electrons. The summed E-state index contributed by atoms with van der Waals surface area (Å²) >= 11 is 3.44. The molecule has 0 N–H and O–H groups in total. The molecular formula is C12H12BrNO2. The molecule has 0 spiro atoms. The van der Waals surface area contributed by atoms with Gasteiger partial charge in [-0.1, -0.05) is 0 Å². The van der Waals surface area contributed by atoms with Crippen molar-refractivity contribution in [3.05, 3.63) is 38.6 Å². The van der Waals surface area contributed by atoms with Crippen molar-refractivity contribution >= 4 is 26.8 Å². The molecule has 0 amide bonds. The van der Waals surface area contributed by atoms with Crippen LogP contribution in [0.25, 0.3) is 10.9 Å². The van der Waals surface area contributed by atoms with Crippen LogP contribution in [0.1, 0.15) is 5.56 Å². The third-order valence-corrected chi connectivity index (χ3v) is 3.35. The van der Waals surface area contributed by atoms with Crippen molar-refractivity contribution in [2.75, 3.05) is 7.11 Å². The van der Waals surface area contributed by atoms with E-state index in [1.165, 1.54) is 0 Å². The normalized spacial score (nSPS) is 10.8. The third-order valence-electron chi connectivity index (χ3n) is 2.73. The smallest absolute Gasteiger partial charge is 0.251 e. The van der Waals surface area contributed by atoms with Gasteiger partial charge in [0.1, 0.15) is 5.75 Å². The van der Waals surface area contributed by atoms with Crippen LogP contribution in [-0.4, -0.2) is 11.7 Å². The molecule has 0 saturated heterocycles. The number of fused-ring (bicyclic) bond motifs is 1. The van der Waals surface area contributed by atoms with E-state index in [4.69, 9.17) is 4.74 Å². The summed E-state index contributed by atoms with van der Waals surface area (Å²) in [6, 6.07) is 5.48. The van der Waals surface area contributed by atoms with Crippen LogP contribution in [0, 0.1) is 6.92 Å². The maximum atomic E-state index is 11.6. The summed E-state index contributed by atoms with van der Waals surface area (Å²) in [5.41, 5.74) is 1.85. The lowest BCUT2D eigenvalue weighted by molar-refractivity contribution is 0.412. The molecule has 16 heavy (non-hydrogen) atoms. The average molecular weight is 282 g/mol. The lowest BCUT2D eigenvalue weighted by Crippen LogP contribution is -2.16. The minimum absolute atomic E-state index is 0.00521. The summed E-state index contributed by atoms with van der Waals surface area (Å²) < 4.78 is 7.74. The van der Waals surface area contributed by atoms with E-state index in [-0.39, 0.29) is 5.56 Å². The van der Waals surface area contributed by atoms with E-state index in [9.17, 15) is 4.79 Å². The first kappa shape index (κ1) is 11.2. The molecule has 0 bridgehead atoms. The maximum Gasteiger partial charge on any atom is 0.251 e. The van der Waals surface area contributed by atoms with Gasteiger partial charge in [-0.25, -0.2) is 0 Å². The highest BCUT2D eigenvalue weighted by molar-refractivity contribution is 9.10. The number of pyridine rings is 1. The third kappa shape index (κ3) is 1.63. The summed E-state index contributed by atoms with van der Waals surface area (Å²) in [6.45, 7) is 1.93. The molecule has 84 valence electrons. The average Bonchev–Trinajstić information content (AvgIpc) is 2.25. The topological polar surface area (TPSA) is 31.2 Å². The summed E-state index contributed by atoms with van der Waals surface area (Å²) in [4.78, 5) is 11.6. The zero-order valence-electron chi connectivity index (χ0n) is 9.37. The van der Waals surface area contributed by atoms with Gasteiger partial charge in [0.15, 0.2) is 0 Å². The van der Waals surface area contributed by atoms with Gasteiger partial charge >= 0.3 is 0 Å². The van der Waals surface area contributed by atoms with Crippen LogP contribution in [0.4, 0.5) is 0 Å². The number of methoxy groups -OCH3 is 1. The van der Waals surface area contributed by atoms with E-state index in [1.807, 2.05) is 19.1 Å². The van der Waals surface area contributed by atoms with Gasteiger partial charge in [0.25, 0.3) is 5.56 Å². The number of rotatable bonds is 1. The van der Waals surface area contributed by atoms with Gasteiger partial charge in [-0.15, -0.1) is 0 Å². The Hall–Kier alpha value is -1.29. The summed E-state index contributed by atoms with van der Waals surface area (Å²) in [5, 5.41) is 1.05. The summed E-state index contributed by atoms with van der Waals surface area (Å²) in [7, 11) is 3.37. The predicted octanol–water partition coefficient (Wildman–Crippen LogP) is 2.62. The van der Waals surface area contributed by atoms with E-state index >= 15 is 0 Å². The molecule has 0 unspecified atom stereocenters. The molecular weight excluding hydrogens is 270 g/mol. The van der Waals surface area contributed by atoms with Crippen molar-refractivity contribution in [2.45, 2.75) is 6.92 Å². The fourth-order valence-electron chi connectivity index (χ4n) is 1.77. The number of nitrogens with zero attached hydrogens (tertiary/aromatic N) is 1. The van der Waals surface area contributed by atoms with Crippen LogP contribution < -0.4 is 10.3 Å². The molecule has 0 aliphatic heterocycles. The fraction of sp³-hybridized carbons (Fsp3) is 0.250. The summed E-state index contributed by atoms with van der Waals surface area (Å²) in [6.07, 6.45) is 0. The quantitative estimate of drug-likeness (QED) is 0.805. The number of hydrogen-bond donors (Lipinski definition) is 0. The molecule has 0 aliphatic carbocycles. The van der Waals surface area contributed by atoms with Crippen molar-refractivity contribution in [3.63, 3.8) is 0 Å². The molecule has 0 atom stereocenters. The molecule has 1 heterocycles. The molecule has 1 aromatic carbocycles. The Labute approximate surface area is 102 Å². The van der Waals surface area contributed by atoms with E-state index in [1.54, 1.807) is 24.8 Å². The Balaban J connectivity index is 2.96. The second-order valence-corrected chi connectivity index (χ2v) is 4.58. The molecule has 0 fully saturated rings. The first-order valence-corrected chi connectivity index (χ1v) is 5.67. The standard InChI is InChI=1S/C12H12BrNO2/c1-7-4-12(15)14(2)10-6-11(16-3)9(13)5-8(7)10/h4-6H,1-3H3. The molecule has 2 aromatic rings. The molecule has 0 aliphatic rings. The zero-order valence-corrected chi connectivity index (χ0v) is 11.0. The van der Waals surface area contributed by atoms with Crippen molar-refractivity contribution in [2.24, 2.45) is 7.05 Å². The van der Waals surface area contributed by atoms with E-state index in [0.717, 1.165) is 26.7 Å². The minimum atomic E-state index is -0.00521. The van der Waals surface area contributed by atoms with Crippen LogP contribution in [0.2, 0.25) is 0 Å². The van der Waals surface area contributed by atoms with Gasteiger partial charge in [-0.2, -0.15) is 0 Å². The minimum Gasteiger partial charge on any atom is -0.495 e. The van der Waals surface area contributed by atoms with Crippen molar-refractivity contribution < 1.29 is 4.74 Å². The van der Waals surface area contributed by atoms with Crippen molar-refractivity contribution in [1.82, 2.24) is 4.57 Å². The zero-order chi connectivity index (χ0) is 11.9. The predicted molar refractivity (Wildman–Crippen MR) is 68.2 cm³/mol. The number of halogens is 1. The SMILES string of the molecule is COc1cc2c(cc1Br)c(C)cc(=O)n2C. The Kier molecular flexibility index (Phi) is 2.76. The molecule has 3 nitrogen and oxygen atoms in total. The second kappa shape index (κ2) is 3.94. The Morgan fingerprint density at radius 2 is 2.00 bits per heavy atom. The van der Waals surface area contributed by atoms with Crippen LogP contribution >= 0.6 is 15.9 Å². The van der Waals surface area contributed by atoms with Gasteiger partial charge < -0.3 is 9.30 Å².